The van der Waals surface area contributed by atoms with Crippen LogP contribution in [-0.2, 0) is 16.0 Å². The topological polar surface area (TPSA) is 34.6 Å². The fourth-order valence-electron chi connectivity index (χ4n) is 2.82. The summed E-state index contributed by atoms with van der Waals surface area (Å²) in [7, 11) is 1.77. The fourth-order valence-corrected chi connectivity index (χ4v) is 3.48. The Bertz CT molecular complexity index is 371. The first-order chi connectivity index (χ1) is 8.30. The number of rotatable bonds is 3. The third-order valence-electron chi connectivity index (χ3n) is 3.75. The second kappa shape index (κ2) is 4.65. The fraction of sp³-hybridized carbons (Fsp3) is 0.750. The van der Waals surface area contributed by atoms with Crippen LogP contribution in [0.4, 0.5) is 0 Å². The molecule has 2 atom stereocenters. The molecule has 5 heteroatoms. The number of aromatic nitrogens is 1. The van der Waals surface area contributed by atoms with Gasteiger partial charge in [0.2, 0.25) is 0 Å². The number of nitrogens with zero attached hydrogens (tertiary/aromatic N) is 2. The van der Waals surface area contributed by atoms with Crippen LogP contribution in [0.1, 0.15) is 17.8 Å². The van der Waals surface area contributed by atoms with Gasteiger partial charge in [-0.25, -0.2) is 4.98 Å². The Hall–Kier alpha value is -0.490. The van der Waals surface area contributed by atoms with Gasteiger partial charge in [0.15, 0.2) is 0 Å². The Morgan fingerprint density at radius 3 is 3.35 bits per heavy atom. The minimum atomic E-state index is 0.0535. The molecule has 1 spiro atoms. The van der Waals surface area contributed by atoms with Gasteiger partial charge < -0.3 is 9.47 Å². The molecule has 4 nitrogen and oxygen atoms in total. The van der Waals surface area contributed by atoms with Crippen LogP contribution in [0.3, 0.4) is 0 Å². The zero-order valence-electron chi connectivity index (χ0n) is 10.1. The van der Waals surface area contributed by atoms with Crippen LogP contribution in [0.5, 0.6) is 0 Å². The molecule has 94 valence electrons. The predicted molar refractivity (Wildman–Crippen MR) is 66.1 cm³/mol. The molecule has 2 aliphatic heterocycles. The van der Waals surface area contributed by atoms with E-state index in [0.717, 1.165) is 39.1 Å². The van der Waals surface area contributed by atoms with Crippen molar-refractivity contribution in [2.24, 2.45) is 0 Å². The van der Waals surface area contributed by atoms with Crippen LogP contribution in [0, 0.1) is 0 Å². The van der Waals surface area contributed by atoms with E-state index < -0.39 is 0 Å². The van der Waals surface area contributed by atoms with Crippen LogP contribution in [0.2, 0.25) is 0 Å². The molecule has 2 saturated heterocycles. The molecule has 0 saturated carbocycles. The average Bonchev–Trinajstić information content (AvgIpc) is 3.03. The van der Waals surface area contributed by atoms with Gasteiger partial charge in [0.25, 0.3) is 0 Å². The smallest absolute Gasteiger partial charge is 0.107 e. The lowest BCUT2D eigenvalue weighted by Crippen LogP contribution is -2.32. The highest BCUT2D eigenvalue weighted by atomic mass is 32.1. The van der Waals surface area contributed by atoms with Gasteiger partial charge in [0.1, 0.15) is 5.01 Å². The van der Waals surface area contributed by atoms with Crippen molar-refractivity contribution >= 4 is 11.3 Å². The zero-order valence-corrected chi connectivity index (χ0v) is 10.9. The summed E-state index contributed by atoms with van der Waals surface area (Å²) in [4.78, 5) is 6.78. The van der Waals surface area contributed by atoms with Gasteiger partial charge in [-0.15, -0.1) is 11.3 Å². The predicted octanol–water partition coefficient (Wildman–Crippen LogP) is 1.52. The molecule has 17 heavy (non-hydrogen) atoms. The molecule has 2 fully saturated rings. The van der Waals surface area contributed by atoms with Crippen LogP contribution in [0.25, 0.3) is 0 Å². The van der Waals surface area contributed by atoms with Gasteiger partial charge in [-0.1, -0.05) is 0 Å². The minimum Gasteiger partial charge on any atom is -0.379 e. The molecule has 0 aliphatic carbocycles. The van der Waals surface area contributed by atoms with E-state index in [-0.39, 0.29) is 11.7 Å². The second-order valence-electron chi connectivity index (χ2n) is 4.94. The van der Waals surface area contributed by atoms with Crippen LogP contribution < -0.4 is 0 Å². The lowest BCUT2D eigenvalue weighted by molar-refractivity contribution is 0.00633. The van der Waals surface area contributed by atoms with Crippen LogP contribution in [0.15, 0.2) is 11.6 Å². The molecule has 3 rings (SSSR count). The Kier molecular flexibility index (Phi) is 3.17. The minimum absolute atomic E-state index is 0.0535. The lowest BCUT2D eigenvalue weighted by atomic mass is 9.98. The van der Waals surface area contributed by atoms with Crippen molar-refractivity contribution in [3.05, 3.63) is 16.6 Å². The number of hydrogen-bond acceptors (Lipinski definition) is 5. The monoisotopic (exact) mass is 254 g/mol. The summed E-state index contributed by atoms with van der Waals surface area (Å²) in [6, 6.07) is 0. The van der Waals surface area contributed by atoms with Crippen molar-refractivity contribution in [2.75, 3.05) is 26.8 Å². The Morgan fingerprint density at radius 1 is 1.71 bits per heavy atom. The highest BCUT2D eigenvalue weighted by Crippen LogP contribution is 2.36. The van der Waals surface area contributed by atoms with Crippen molar-refractivity contribution < 1.29 is 9.47 Å². The molecule has 0 amide bonds. The summed E-state index contributed by atoms with van der Waals surface area (Å²) in [5, 5.41) is 3.23. The second-order valence-corrected chi connectivity index (χ2v) is 5.92. The number of ether oxygens (including phenoxy) is 2. The van der Waals surface area contributed by atoms with Gasteiger partial charge in [-0.2, -0.15) is 0 Å². The standard InChI is InChI=1S/C12H18N2O2S/c1-15-10-6-12(16-8-10)2-4-14(9-12)7-11-13-3-5-17-11/h3,5,10H,2,4,6-9H2,1H3/t10-,12-/m1/s1. The van der Waals surface area contributed by atoms with E-state index in [2.05, 4.69) is 9.88 Å². The van der Waals surface area contributed by atoms with Crippen molar-refractivity contribution in [3.63, 3.8) is 0 Å². The third-order valence-corrected chi connectivity index (χ3v) is 4.51. The van der Waals surface area contributed by atoms with E-state index in [9.17, 15) is 0 Å². The summed E-state index contributed by atoms with van der Waals surface area (Å²) < 4.78 is 11.4. The van der Waals surface area contributed by atoms with E-state index in [1.807, 2.05) is 11.6 Å². The van der Waals surface area contributed by atoms with E-state index in [1.165, 1.54) is 5.01 Å². The molecule has 1 aromatic rings. The summed E-state index contributed by atoms with van der Waals surface area (Å²) >= 11 is 1.73. The largest absolute Gasteiger partial charge is 0.379 e. The van der Waals surface area contributed by atoms with Crippen molar-refractivity contribution in [1.29, 1.82) is 0 Å². The highest BCUT2D eigenvalue weighted by Gasteiger charge is 2.45. The van der Waals surface area contributed by atoms with E-state index >= 15 is 0 Å². The number of hydrogen-bond donors (Lipinski definition) is 0. The third kappa shape index (κ3) is 2.38. The molecule has 1 aromatic heterocycles. The number of methoxy groups -OCH3 is 1. The van der Waals surface area contributed by atoms with Gasteiger partial charge in [-0.05, 0) is 6.42 Å². The molecular weight excluding hydrogens is 236 g/mol. The summed E-state index contributed by atoms with van der Waals surface area (Å²) in [6.45, 7) is 3.84. The summed E-state index contributed by atoms with van der Waals surface area (Å²) in [5.74, 6) is 0. The molecule has 3 heterocycles. The lowest BCUT2D eigenvalue weighted by Gasteiger charge is -2.22. The van der Waals surface area contributed by atoms with E-state index in [0.29, 0.717) is 0 Å². The quantitative estimate of drug-likeness (QED) is 0.819. The molecule has 0 unspecified atom stereocenters. The van der Waals surface area contributed by atoms with Crippen molar-refractivity contribution in [2.45, 2.75) is 31.1 Å². The van der Waals surface area contributed by atoms with Gasteiger partial charge >= 0.3 is 0 Å². The Balaban J connectivity index is 1.58. The van der Waals surface area contributed by atoms with Crippen molar-refractivity contribution in [3.8, 4) is 0 Å². The van der Waals surface area contributed by atoms with Crippen LogP contribution in [-0.4, -0.2) is 48.4 Å². The summed E-state index contributed by atoms with van der Waals surface area (Å²) in [6.07, 6.45) is 4.32. The molecular formula is C12H18N2O2S. The van der Waals surface area contributed by atoms with E-state index in [4.69, 9.17) is 9.47 Å². The molecule has 0 N–H and O–H groups in total. The first-order valence-electron chi connectivity index (χ1n) is 6.07. The maximum absolute atomic E-state index is 5.97. The zero-order chi connectivity index (χ0) is 11.7. The molecule has 0 aromatic carbocycles. The SMILES string of the molecule is CO[C@H]1CO[C@]2(CCN(Cc3nccs3)C2)C1. The maximum atomic E-state index is 5.97. The molecule has 2 aliphatic rings. The van der Waals surface area contributed by atoms with Gasteiger partial charge in [-0.3, -0.25) is 4.90 Å². The van der Waals surface area contributed by atoms with Gasteiger partial charge in [0.05, 0.1) is 24.9 Å². The molecule has 0 radical (unpaired) electrons. The first kappa shape index (κ1) is 11.6. The first-order valence-corrected chi connectivity index (χ1v) is 6.95. The Labute approximate surface area is 106 Å². The normalized spacial score (nSPS) is 33.8. The number of thiazole rings is 1. The number of likely N-dealkylation sites (tertiary alicyclic amines) is 1. The maximum Gasteiger partial charge on any atom is 0.107 e. The van der Waals surface area contributed by atoms with Crippen molar-refractivity contribution in [1.82, 2.24) is 9.88 Å². The van der Waals surface area contributed by atoms with E-state index in [1.54, 1.807) is 18.4 Å². The Morgan fingerprint density at radius 2 is 2.65 bits per heavy atom. The van der Waals surface area contributed by atoms with Crippen LogP contribution >= 0.6 is 11.3 Å². The molecule has 0 bridgehead atoms. The van der Waals surface area contributed by atoms with Gasteiger partial charge in [0, 0.05) is 38.2 Å². The average molecular weight is 254 g/mol. The highest BCUT2D eigenvalue weighted by molar-refractivity contribution is 7.09. The summed E-state index contributed by atoms with van der Waals surface area (Å²) in [5.41, 5.74) is 0.0535.